The van der Waals surface area contributed by atoms with E-state index in [1.807, 2.05) is 0 Å². The van der Waals surface area contributed by atoms with Gasteiger partial charge < -0.3 is 14.8 Å². The van der Waals surface area contributed by atoms with Crippen molar-refractivity contribution in [1.29, 1.82) is 0 Å². The first-order valence-corrected chi connectivity index (χ1v) is 7.83. The van der Waals surface area contributed by atoms with E-state index in [0.717, 1.165) is 52.2 Å². The van der Waals surface area contributed by atoms with Crippen molar-refractivity contribution >= 4 is 0 Å². The van der Waals surface area contributed by atoms with Crippen molar-refractivity contribution < 1.29 is 9.47 Å². The Bertz CT molecular complexity index is 349. The molecule has 3 heteroatoms. The highest BCUT2D eigenvalue weighted by molar-refractivity contribution is 5.14. The number of ether oxygens (including phenoxy) is 2. The van der Waals surface area contributed by atoms with Gasteiger partial charge in [-0.05, 0) is 31.4 Å². The van der Waals surface area contributed by atoms with E-state index in [4.69, 9.17) is 9.47 Å². The molecule has 0 aromatic heterocycles. The number of hydrogen-bond acceptors (Lipinski definition) is 3. The number of nitrogens with one attached hydrogen (secondary N) is 1. The van der Waals surface area contributed by atoms with Gasteiger partial charge in [0.1, 0.15) is 0 Å². The molecule has 2 atom stereocenters. The fourth-order valence-electron chi connectivity index (χ4n) is 2.73. The van der Waals surface area contributed by atoms with Crippen LogP contribution in [0.3, 0.4) is 0 Å². The van der Waals surface area contributed by atoms with Crippen LogP contribution in [-0.4, -0.2) is 39.0 Å². The number of hydrogen-bond donors (Lipinski definition) is 1. The molecule has 0 radical (unpaired) electrons. The molecule has 1 N–H and O–H groups in total. The van der Waals surface area contributed by atoms with Crippen molar-refractivity contribution in [3.8, 4) is 0 Å². The molecule has 20 heavy (non-hydrogen) atoms. The maximum Gasteiger partial charge on any atom is 0.0623 e. The van der Waals surface area contributed by atoms with Gasteiger partial charge in [-0.15, -0.1) is 0 Å². The van der Waals surface area contributed by atoms with Crippen molar-refractivity contribution in [2.45, 2.75) is 32.2 Å². The molecule has 1 aromatic rings. The van der Waals surface area contributed by atoms with Crippen LogP contribution >= 0.6 is 0 Å². The van der Waals surface area contributed by atoms with Gasteiger partial charge in [0.25, 0.3) is 0 Å². The van der Waals surface area contributed by atoms with Crippen LogP contribution in [0.15, 0.2) is 30.3 Å². The van der Waals surface area contributed by atoms with Gasteiger partial charge in [0.15, 0.2) is 0 Å². The molecule has 1 heterocycles. The van der Waals surface area contributed by atoms with E-state index >= 15 is 0 Å². The molecule has 1 aromatic carbocycles. The Morgan fingerprint density at radius 2 is 2.20 bits per heavy atom. The monoisotopic (exact) mass is 277 g/mol. The summed E-state index contributed by atoms with van der Waals surface area (Å²) in [5, 5.41) is 3.53. The Labute approximate surface area is 122 Å². The lowest BCUT2D eigenvalue weighted by atomic mass is 10.00. The summed E-state index contributed by atoms with van der Waals surface area (Å²) in [4.78, 5) is 0. The van der Waals surface area contributed by atoms with Gasteiger partial charge in [-0.1, -0.05) is 37.3 Å². The SMILES string of the molecule is CCNC(COCCCc1ccccc1)C1CCOC1. The normalized spacial score (nSPS) is 20.1. The molecule has 0 aliphatic carbocycles. The Kier molecular flexibility index (Phi) is 7.06. The quantitative estimate of drug-likeness (QED) is 0.704. The van der Waals surface area contributed by atoms with Crippen LogP contribution in [0.1, 0.15) is 25.3 Å². The van der Waals surface area contributed by atoms with Crippen LogP contribution in [0.2, 0.25) is 0 Å². The molecule has 0 amide bonds. The third-order valence-electron chi connectivity index (χ3n) is 3.89. The van der Waals surface area contributed by atoms with Gasteiger partial charge in [0.05, 0.1) is 13.2 Å². The van der Waals surface area contributed by atoms with Gasteiger partial charge in [0.2, 0.25) is 0 Å². The van der Waals surface area contributed by atoms with E-state index < -0.39 is 0 Å². The van der Waals surface area contributed by atoms with Crippen molar-refractivity contribution in [3.63, 3.8) is 0 Å². The molecular weight excluding hydrogens is 250 g/mol. The summed E-state index contributed by atoms with van der Waals surface area (Å²) < 4.78 is 11.3. The number of aryl methyl sites for hydroxylation is 1. The zero-order valence-corrected chi connectivity index (χ0v) is 12.5. The Hall–Kier alpha value is -0.900. The lowest BCUT2D eigenvalue weighted by molar-refractivity contribution is 0.0863. The lowest BCUT2D eigenvalue weighted by Crippen LogP contribution is -2.40. The topological polar surface area (TPSA) is 30.5 Å². The first kappa shape index (κ1) is 15.5. The second-order valence-corrected chi connectivity index (χ2v) is 5.45. The van der Waals surface area contributed by atoms with Gasteiger partial charge in [-0.2, -0.15) is 0 Å². The summed E-state index contributed by atoms with van der Waals surface area (Å²) in [5.74, 6) is 0.615. The smallest absolute Gasteiger partial charge is 0.0623 e. The van der Waals surface area contributed by atoms with E-state index in [9.17, 15) is 0 Å². The Morgan fingerprint density at radius 3 is 2.90 bits per heavy atom. The minimum absolute atomic E-state index is 0.444. The molecule has 0 saturated carbocycles. The predicted octanol–water partition coefficient (Wildman–Crippen LogP) is 2.65. The molecule has 3 nitrogen and oxygen atoms in total. The maximum absolute atomic E-state index is 5.86. The first-order chi connectivity index (χ1) is 9.90. The molecular formula is C17H27NO2. The van der Waals surface area contributed by atoms with Gasteiger partial charge in [-0.25, -0.2) is 0 Å². The molecule has 1 fully saturated rings. The molecule has 0 bridgehead atoms. The average Bonchev–Trinajstić information content (AvgIpc) is 3.01. The van der Waals surface area contributed by atoms with Crippen LogP contribution in [0.25, 0.3) is 0 Å². The fourth-order valence-corrected chi connectivity index (χ4v) is 2.73. The minimum atomic E-state index is 0.444. The molecule has 0 spiro atoms. The highest BCUT2D eigenvalue weighted by Crippen LogP contribution is 2.17. The van der Waals surface area contributed by atoms with Gasteiger partial charge in [0, 0.05) is 25.2 Å². The largest absolute Gasteiger partial charge is 0.381 e. The molecule has 1 aliphatic heterocycles. The van der Waals surface area contributed by atoms with Crippen LogP contribution in [-0.2, 0) is 15.9 Å². The number of benzene rings is 1. The van der Waals surface area contributed by atoms with Crippen LogP contribution in [0, 0.1) is 5.92 Å². The number of rotatable bonds is 9. The van der Waals surface area contributed by atoms with E-state index in [0.29, 0.717) is 12.0 Å². The highest BCUT2D eigenvalue weighted by Gasteiger charge is 2.24. The summed E-state index contributed by atoms with van der Waals surface area (Å²) in [6.07, 6.45) is 3.34. The second-order valence-electron chi connectivity index (χ2n) is 5.45. The van der Waals surface area contributed by atoms with Gasteiger partial charge in [-0.3, -0.25) is 0 Å². The van der Waals surface area contributed by atoms with Crippen LogP contribution in [0.4, 0.5) is 0 Å². The third kappa shape index (κ3) is 5.23. The molecule has 112 valence electrons. The molecule has 2 unspecified atom stereocenters. The summed E-state index contributed by atoms with van der Waals surface area (Å²) in [6.45, 7) is 6.57. The van der Waals surface area contributed by atoms with Crippen molar-refractivity contribution in [2.75, 3.05) is 33.0 Å². The van der Waals surface area contributed by atoms with Crippen molar-refractivity contribution in [3.05, 3.63) is 35.9 Å². The predicted molar refractivity (Wildman–Crippen MR) is 82.0 cm³/mol. The zero-order chi connectivity index (χ0) is 14.0. The van der Waals surface area contributed by atoms with Crippen molar-refractivity contribution in [1.82, 2.24) is 5.32 Å². The zero-order valence-electron chi connectivity index (χ0n) is 12.5. The van der Waals surface area contributed by atoms with Crippen LogP contribution in [0.5, 0.6) is 0 Å². The Balaban J connectivity index is 1.60. The highest BCUT2D eigenvalue weighted by atomic mass is 16.5. The Morgan fingerprint density at radius 1 is 1.35 bits per heavy atom. The fraction of sp³-hybridized carbons (Fsp3) is 0.647. The van der Waals surface area contributed by atoms with E-state index in [1.165, 1.54) is 5.56 Å². The molecule has 1 saturated heterocycles. The lowest BCUT2D eigenvalue weighted by Gasteiger charge is -2.23. The summed E-state index contributed by atoms with van der Waals surface area (Å²) in [7, 11) is 0. The van der Waals surface area contributed by atoms with Crippen LogP contribution < -0.4 is 5.32 Å². The third-order valence-corrected chi connectivity index (χ3v) is 3.89. The first-order valence-electron chi connectivity index (χ1n) is 7.83. The summed E-state index contributed by atoms with van der Waals surface area (Å²) in [5.41, 5.74) is 1.39. The van der Waals surface area contributed by atoms with E-state index in [-0.39, 0.29) is 0 Å². The van der Waals surface area contributed by atoms with Gasteiger partial charge >= 0.3 is 0 Å². The molecule has 1 aliphatic rings. The second kappa shape index (κ2) is 9.11. The minimum Gasteiger partial charge on any atom is -0.381 e. The van der Waals surface area contributed by atoms with E-state index in [1.54, 1.807) is 0 Å². The average molecular weight is 277 g/mol. The maximum atomic E-state index is 5.86. The van der Waals surface area contributed by atoms with E-state index in [2.05, 4.69) is 42.6 Å². The standard InChI is InChI=1S/C17H27NO2/c1-2-18-17(16-10-12-20-13-16)14-19-11-6-9-15-7-4-3-5-8-15/h3-5,7-8,16-18H,2,6,9-14H2,1H3. The summed E-state index contributed by atoms with van der Waals surface area (Å²) >= 11 is 0. The van der Waals surface area contributed by atoms with Crippen molar-refractivity contribution in [2.24, 2.45) is 5.92 Å². The number of likely N-dealkylation sites (N-methyl/N-ethyl adjacent to an activating group) is 1. The summed E-state index contributed by atoms with van der Waals surface area (Å²) in [6, 6.07) is 11.0. The molecule has 2 rings (SSSR count).